The van der Waals surface area contributed by atoms with E-state index in [1.54, 1.807) is 0 Å². The van der Waals surface area contributed by atoms with Crippen LogP contribution >= 0.6 is 0 Å². The zero-order chi connectivity index (χ0) is 30.9. The van der Waals surface area contributed by atoms with Crippen LogP contribution in [0.15, 0.2) is 30.3 Å². The summed E-state index contributed by atoms with van der Waals surface area (Å²) in [6, 6.07) is 10.3. The normalized spacial score (nSPS) is 34.8. The lowest BCUT2D eigenvalue weighted by Crippen LogP contribution is -2.59. The highest BCUT2D eigenvalue weighted by Crippen LogP contribution is 2.40. The van der Waals surface area contributed by atoms with Crippen molar-refractivity contribution in [2.45, 2.75) is 119 Å². The molecular weight excluding hydrogens is 552 g/mol. The minimum absolute atomic E-state index is 0.0107. The fourth-order valence-electron chi connectivity index (χ4n) is 6.12. The molecule has 4 unspecified atom stereocenters. The van der Waals surface area contributed by atoms with Gasteiger partial charge in [0.2, 0.25) is 0 Å². The molecule has 0 aliphatic carbocycles. The Morgan fingerprint density at radius 1 is 0.667 bits per heavy atom. The predicted molar refractivity (Wildman–Crippen MR) is 150 cm³/mol. The average Bonchev–Trinajstić information content (AvgIpc) is 3.00. The molecule has 12 heteroatoms. The Bertz CT molecular complexity index is 840. The van der Waals surface area contributed by atoms with Gasteiger partial charge in [0.25, 0.3) is 0 Å². The van der Waals surface area contributed by atoms with Gasteiger partial charge in [0.15, 0.2) is 12.6 Å². The Kier molecular flexibility index (Phi) is 14.0. The average molecular weight is 603 g/mol. The monoisotopic (exact) mass is 602 g/mol. The number of benzene rings is 1. The lowest BCUT2D eigenvalue weighted by Gasteiger charge is -2.41. The number of rotatable bonds is 16. The molecule has 2 saturated heterocycles. The Labute approximate surface area is 247 Å². The first-order chi connectivity index (χ1) is 20.1. The molecule has 0 amide bonds. The Hall–Kier alpha value is -1.26. The summed E-state index contributed by atoms with van der Waals surface area (Å²) in [5, 5.41) is 80.6. The quantitative estimate of drug-likeness (QED) is 0.121. The van der Waals surface area contributed by atoms with Crippen molar-refractivity contribution in [1.82, 2.24) is 0 Å². The topological polar surface area (TPSA) is 199 Å². The highest BCUT2D eigenvalue weighted by atomic mass is 16.7. The molecule has 12 nitrogen and oxygen atoms in total. The van der Waals surface area contributed by atoms with Crippen LogP contribution in [0.5, 0.6) is 0 Å². The third kappa shape index (κ3) is 8.46. The molecule has 2 aliphatic rings. The van der Waals surface area contributed by atoms with E-state index >= 15 is 0 Å². The summed E-state index contributed by atoms with van der Waals surface area (Å²) in [7, 11) is 0. The van der Waals surface area contributed by atoms with E-state index in [-0.39, 0.29) is 24.5 Å². The third-order valence-electron chi connectivity index (χ3n) is 8.56. The third-order valence-corrected chi connectivity index (χ3v) is 8.56. The molecule has 1 aromatic carbocycles. The van der Waals surface area contributed by atoms with Gasteiger partial charge in [-0.2, -0.15) is 0 Å². The fourth-order valence-corrected chi connectivity index (χ4v) is 6.12. The zero-order valence-corrected chi connectivity index (χ0v) is 24.5. The molecule has 242 valence electrons. The second-order valence-corrected chi connectivity index (χ2v) is 11.6. The second-order valence-electron chi connectivity index (χ2n) is 11.6. The van der Waals surface area contributed by atoms with Gasteiger partial charge in [-0.05, 0) is 36.7 Å². The smallest absolute Gasteiger partial charge is 0.186 e. The first-order valence-corrected chi connectivity index (χ1v) is 15.0. The van der Waals surface area contributed by atoms with Gasteiger partial charge >= 0.3 is 0 Å². The summed E-state index contributed by atoms with van der Waals surface area (Å²) in [4.78, 5) is 0. The van der Waals surface area contributed by atoms with Crippen molar-refractivity contribution in [3.63, 3.8) is 0 Å². The van der Waals surface area contributed by atoms with Gasteiger partial charge in [-0.3, -0.25) is 0 Å². The van der Waals surface area contributed by atoms with E-state index in [1.165, 1.54) is 5.56 Å². The fraction of sp³-hybridized carbons (Fsp3) is 0.800. The van der Waals surface area contributed by atoms with Crippen LogP contribution in [-0.2, 0) is 24.4 Å². The van der Waals surface area contributed by atoms with Crippen molar-refractivity contribution >= 4 is 0 Å². The van der Waals surface area contributed by atoms with Crippen LogP contribution in [-0.4, -0.2) is 129 Å². The highest BCUT2D eigenvalue weighted by molar-refractivity contribution is 5.25. The van der Waals surface area contributed by atoms with Crippen LogP contribution in [0, 0.1) is 5.92 Å². The molecule has 1 aromatic rings. The van der Waals surface area contributed by atoms with Gasteiger partial charge in [0, 0.05) is 5.92 Å². The Morgan fingerprint density at radius 2 is 1.12 bits per heavy atom. The van der Waals surface area contributed by atoms with Gasteiger partial charge < -0.3 is 59.8 Å². The van der Waals surface area contributed by atoms with Gasteiger partial charge in [-0.25, -0.2) is 0 Å². The molecule has 0 radical (unpaired) electrons. The van der Waals surface area contributed by atoms with Crippen LogP contribution in [0.4, 0.5) is 0 Å². The van der Waals surface area contributed by atoms with Crippen LogP contribution in [0.2, 0.25) is 0 Å². The number of aliphatic hydroxyl groups is 8. The minimum Gasteiger partial charge on any atom is -0.394 e. The van der Waals surface area contributed by atoms with Gasteiger partial charge in [-0.15, -0.1) is 0 Å². The molecule has 0 saturated carbocycles. The predicted octanol–water partition coefficient (Wildman–Crippen LogP) is -0.446. The zero-order valence-electron chi connectivity index (χ0n) is 24.5. The molecule has 0 aromatic heterocycles. The van der Waals surface area contributed by atoms with Crippen molar-refractivity contribution in [3.05, 3.63) is 35.9 Å². The van der Waals surface area contributed by atoms with Crippen molar-refractivity contribution < 1.29 is 59.8 Å². The van der Waals surface area contributed by atoms with E-state index in [4.69, 9.17) is 18.9 Å². The standard InChI is InChI=1S/C30H50O12/c1-3-11-30(12-4-2,19-8-6-5-7-9-19)13-10-18(16-39-28-26(37)24(35)22(33)20(14-31)41-28)17-40-29-27(38)25(36)23(34)21(15-32)42-29/h5-9,18,20-29,31-38H,3-4,10-17H2,1-2H3/t18?,20?,21?,22-,23-,24+,25+,26?,27?,28-,29-/m0/s1. The number of hydrogen-bond donors (Lipinski definition) is 8. The van der Waals surface area contributed by atoms with Crippen molar-refractivity contribution in [2.24, 2.45) is 5.92 Å². The lowest BCUT2D eigenvalue weighted by atomic mass is 9.69. The summed E-state index contributed by atoms with van der Waals surface area (Å²) >= 11 is 0. The van der Waals surface area contributed by atoms with Crippen LogP contribution in [0.25, 0.3) is 0 Å². The summed E-state index contributed by atoms with van der Waals surface area (Å²) in [5.74, 6) is -0.346. The van der Waals surface area contributed by atoms with Crippen molar-refractivity contribution in [2.75, 3.05) is 26.4 Å². The summed E-state index contributed by atoms with van der Waals surface area (Å²) < 4.78 is 22.8. The molecule has 42 heavy (non-hydrogen) atoms. The maximum Gasteiger partial charge on any atom is 0.186 e. The van der Waals surface area contributed by atoms with Gasteiger partial charge in [0.05, 0.1) is 26.4 Å². The van der Waals surface area contributed by atoms with E-state index in [2.05, 4.69) is 26.0 Å². The molecule has 2 aliphatic heterocycles. The summed E-state index contributed by atoms with van der Waals surface area (Å²) in [5.41, 5.74) is 1.12. The molecule has 0 bridgehead atoms. The maximum atomic E-state index is 10.5. The SMILES string of the molecule is CCCC(CCC)(CCC(CO[C@H]1OC(CO)[C@H](O)[C@@H](O)C1O)CO[C@H]1OC(CO)[C@H](O)[C@@H](O)C1O)c1ccccc1. The lowest BCUT2D eigenvalue weighted by molar-refractivity contribution is -0.312. The van der Waals surface area contributed by atoms with E-state index in [0.717, 1.165) is 32.1 Å². The summed E-state index contributed by atoms with van der Waals surface area (Å²) in [6.07, 6.45) is -8.94. The molecular formula is C30H50O12. The van der Waals surface area contributed by atoms with Gasteiger partial charge in [-0.1, -0.05) is 57.0 Å². The molecule has 8 N–H and O–H groups in total. The van der Waals surface area contributed by atoms with Crippen molar-refractivity contribution in [3.8, 4) is 0 Å². The molecule has 0 spiro atoms. The van der Waals surface area contributed by atoms with Crippen LogP contribution in [0.1, 0.15) is 57.9 Å². The molecule has 2 fully saturated rings. The Balaban J connectivity index is 1.78. The largest absolute Gasteiger partial charge is 0.394 e. The van der Waals surface area contributed by atoms with Gasteiger partial charge in [0.1, 0.15) is 48.8 Å². The van der Waals surface area contributed by atoms with Crippen molar-refractivity contribution in [1.29, 1.82) is 0 Å². The minimum atomic E-state index is -1.58. The van der Waals surface area contributed by atoms with Crippen LogP contribution in [0.3, 0.4) is 0 Å². The molecule has 10 atom stereocenters. The van der Waals surface area contributed by atoms with E-state index in [9.17, 15) is 40.9 Å². The molecule has 3 rings (SSSR count). The van der Waals surface area contributed by atoms with E-state index < -0.39 is 74.6 Å². The first kappa shape index (κ1) is 35.2. The number of aliphatic hydroxyl groups excluding tert-OH is 8. The summed E-state index contributed by atoms with van der Waals surface area (Å²) in [6.45, 7) is 3.11. The first-order valence-electron chi connectivity index (χ1n) is 15.0. The maximum absolute atomic E-state index is 10.5. The highest BCUT2D eigenvalue weighted by Gasteiger charge is 2.46. The van der Waals surface area contributed by atoms with E-state index in [0.29, 0.717) is 6.42 Å². The van der Waals surface area contributed by atoms with E-state index in [1.807, 2.05) is 18.2 Å². The number of ether oxygens (including phenoxy) is 4. The second kappa shape index (κ2) is 16.7. The van der Waals surface area contributed by atoms with Crippen LogP contribution < -0.4 is 0 Å². The number of hydrogen-bond acceptors (Lipinski definition) is 12. The molecule has 2 heterocycles. The Morgan fingerprint density at radius 3 is 1.52 bits per heavy atom.